The first-order valence-corrected chi connectivity index (χ1v) is 8.64. The normalized spacial score (nSPS) is 11.6. The number of imidazole rings is 1. The number of aromatic nitrogens is 3. The highest BCUT2D eigenvalue weighted by atomic mass is 19.3. The van der Waals surface area contributed by atoms with Crippen LogP contribution in [0.15, 0.2) is 41.5 Å². The first-order chi connectivity index (χ1) is 14.8. The Hall–Kier alpha value is -3.83. The molecule has 0 aliphatic heterocycles. The Morgan fingerprint density at radius 1 is 1.26 bits per heavy atom. The third kappa shape index (κ3) is 4.68. The van der Waals surface area contributed by atoms with Gasteiger partial charge in [-0.05, 0) is 24.3 Å². The number of amidine groups is 1. The number of carbonyl (C=O) groups excluding carboxylic acids is 1. The number of carbonyl (C=O) groups is 1. The summed E-state index contributed by atoms with van der Waals surface area (Å²) in [5.74, 6) is -4.97. The maximum absolute atomic E-state index is 13.9. The Morgan fingerprint density at radius 3 is 2.52 bits per heavy atom. The molecule has 0 saturated carbocycles. The number of hydrogen-bond donors (Lipinski definition) is 1. The molecule has 2 aromatic heterocycles. The van der Waals surface area contributed by atoms with Gasteiger partial charge in [0.15, 0.2) is 36.2 Å². The molecule has 162 valence electrons. The smallest absolute Gasteiger partial charge is 0.304 e. The molecule has 0 aliphatic carbocycles. The van der Waals surface area contributed by atoms with E-state index < -0.39 is 36.5 Å². The highest BCUT2D eigenvalue weighted by molar-refractivity contribution is 5.88. The monoisotopic (exact) mass is 439 g/mol. The summed E-state index contributed by atoms with van der Waals surface area (Å²) in [7, 11) is 1.22. The van der Waals surface area contributed by atoms with Crippen LogP contribution in [0.4, 0.5) is 22.0 Å². The maximum Gasteiger partial charge on any atom is 0.304 e. The van der Waals surface area contributed by atoms with E-state index in [1.807, 2.05) is 0 Å². The Kier molecular flexibility index (Phi) is 6.58. The highest BCUT2D eigenvalue weighted by Crippen LogP contribution is 2.32. The Balaban J connectivity index is 2.22. The minimum Gasteiger partial charge on any atom is -0.458 e. The third-order valence-electron chi connectivity index (χ3n) is 3.93. The Labute approximate surface area is 172 Å². The number of alkyl halides is 2. The van der Waals surface area contributed by atoms with Crippen molar-refractivity contribution in [3.63, 3.8) is 0 Å². The lowest BCUT2D eigenvalue weighted by atomic mass is 10.1. The molecule has 0 radical (unpaired) electrons. The molecule has 0 fully saturated rings. The lowest BCUT2D eigenvalue weighted by molar-refractivity contribution is 0.0756. The topological polar surface area (TPSA) is 81.4 Å². The number of nitrogens with zero attached hydrogens (tertiary/aromatic N) is 4. The fourth-order valence-electron chi connectivity index (χ4n) is 2.65. The lowest BCUT2D eigenvalue weighted by Gasteiger charge is -2.15. The van der Waals surface area contributed by atoms with Crippen molar-refractivity contribution in [2.75, 3.05) is 19.1 Å². The van der Waals surface area contributed by atoms with Gasteiger partial charge in [0.2, 0.25) is 0 Å². The fraction of sp³-hybridized carbons (Fsp3) is 0.158. The summed E-state index contributed by atoms with van der Waals surface area (Å²) >= 11 is 0. The average molecular weight is 439 g/mol. The van der Waals surface area contributed by atoms with Gasteiger partial charge in [0.05, 0.1) is 5.69 Å². The highest BCUT2D eigenvalue weighted by Gasteiger charge is 2.24. The van der Waals surface area contributed by atoms with E-state index in [2.05, 4.69) is 20.4 Å². The second-order valence-electron chi connectivity index (χ2n) is 5.93. The molecule has 0 bridgehead atoms. The molecular weight excluding hydrogens is 425 g/mol. The lowest BCUT2D eigenvalue weighted by Crippen LogP contribution is -2.29. The quantitative estimate of drug-likeness (QED) is 0.209. The molecule has 0 unspecified atom stereocenters. The zero-order valence-electron chi connectivity index (χ0n) is 15.8. The third-order valence-corrected chi connectivity index (χ3v) is 3.93. The first kappa shape index (κ1) is 21.9. The van der Waals surface area contributed by atoms with Gasteiger partial charge in [0.1, 0.15) is 11.4 Å². The molecule has 1 aromatic carbocycles. The van der Waals surface area contributed by atoms with Gasteiger partial charge >= 0.3 is 6.02 Å². The molecule has 0 spiro atoms. The van der Waals surface area contributed by atoms with Crippen molar-refractivity contribution in [1.82, 2.24) is 14.6 Å². The first-order valence-electron chi connectivity index (χ1n) is 8.64. The van der Waals surface area contributed by atoms with Gasteiger partial charge in [-0.1, -0.05) is 6.07 Å². The van der Waals surface area contributed by atoms with Crippen molar-refractivity contribution in [2.45, 2.75) is 6.43 Å². The van der Waals surface area contributed by atoms with Crippen LogP contribution in [0.3, 0.4) is 0 Å². The van der Waals surface area contributed by atoms with Gasteiger partial charge in [-0.3, -0.25) is 9.78 Å². The van der Waals surface area contributed by atoms with E-state index >= 15 is 0 Å². The number of ether oxygens (including phenoxy) is 1. The molecule has 2 heterocycles. The summed E-state index contributed by atoms with van der Waals surface area (Å²) < 4.78 is 72.1. The largest absolute Gasteiger partial charge is 0.458 e. The van der Waals surface area contributed by atoms with Gasteiger partial charge in [-0.2, -0.15) is 0 Å². The van der Waals surface area contributed by atoms with Crippen molar-refractivity contribution >= 4 is 12.3 Å². The Morgan fingerprint density at radius 2 is 1.97 bits per heavy atom. The van der Waals surface area contributed by atoms with Crippen LogP contribution < -0.4 is 5.43 Å². The van der Waals surface area contributed by atoms with Gasteiger partial charge < -0.3 is 4.74 Å². The zero-order chi connectivity index (χ0) is 22.5. The number of halogens is 5. The molecule has 3 rings (SSSR count). The number of benzene rings is 1. The van der Waals surface area contributed by atoms with Crippen molar-refractivity contribution in [3.05, 3.63) is 59.8 Å². The van der Waals surface area contributed by atoms with Crippen molar-refractivity contribution in [2.24, 2.45) is 4.99 Å². The Bertz CT molecular complexity index is 1100. The maximum atomic E-state index is 13.9. The zero-order valence-corrected chi connectivity index (χ0v) is 15.8. The summed E-state index contributed by atoms with van der Waals surface area (Å²) in [5, 5.41) is 0. The number of rotatable bonds is 6. The molecule has 0 amide bonds. The standard InChI is InChI=1S/C19H14F5N5O2/c1-25-19(31-9-14(22)23)28-29-15(8-30)27-17(13-4-2-3-5-26-13)18(29)10-6-11(20)16(24)12(21)7-10/h2-8,14H,9H2,1H3,(H,25,28). The second-order valence-corrected chi connectivity index (χ2v) is 5.93. The number of pyridine rings is 1. The minimum absolute atomic E-state index is 0.00456. The average Bonchev–Trinajstić information content (AvgIpc) is 3.13. The van der Waals surface area contributed by atoms with Crippen molar-refractivity contribution in [1.29, 1.82) is 0 Å². The minimum atomic E-state index is -2.81. The van der Waals surface area contributed by atoms with E-state index in [1.54, 1.807) is 12.1 Å². The van der Waals surface area contributed by atoms with Crippen LogP contribution in [0.1, 0.15) is 10.6 Å². The van der Waals surface area contributed by atoms with Crippen LogP contribution >= 0.6 is 0 Å². The van der Waals surface area contributed by atoms with Crippen LogP contribution in [0, 0.1) is 17.5 Å². The number of aliphatic imine (C=N–C) groups is 1. The molecule has 12 heteroatoms. The van der Waals surface area contributed by atoms with Crippen LogP contribution in [0.2, 0.25) is 0 Å². The molecule has 7 nitrogen and oxygen atoms in total. The molecule has 0 atom stereocenters. The molecule has 3 aromatic rings. The molecule has 0 aliphatic rings. The molecule has 0 saturated heterocycles. The predicted octanol–water partition coefficient (Wildman–Crippen LogP) is 3.65. The van der Waals surface area contributed by atoms with Gasteiger partial charge in [-0.25, -0.2) is 42.0 Å². The second kappa shape index (κ2) is 9.32. The van der Waals surface area contributed by atoms with Crippen molar-refractivity contribution in [3.8, 4) is 22.6 Å². The summed E-state index contributed by atoms with van der Waals surface area (Å²) in [6.45, 7) is -1.01. The van der Waals surface area contributed by atoms with Crippen LogP contribution in [-0.2, 0) is 4.74 Å². The van der Waals surface area contributed by atoms with E-state index in [4.69, 9.17) is 4.74 Å². The predicted molar refractivity (Wildman–Crippen MR) is 101 cm³/mol. The molecule has 1 N–H and O–H groups in total. The van der Waals surface area contributed by atoms with Crippen LogP contribution in [0.5, 0.6) is 0 Å². The van der Waals surface area contributed by atoms with Crippen LogP contribution in [-0.4, -0.2) is 47.0 Å². The molecule has 31 heavy (non-hydrogen) atoms. The van der Waals surface area contributed by atoms with Gasteiger partial charge in [0.25, 0.3) is 6.43 Å². The van der Waals surface area contributed by atoms with Gasteiger partial charge in [-0.15, -0.1) is 0 Å². The van der Waals surface area contributed by atoms with Crippen molar-refractivity contribution < 1.29 is 31.5 Å². The molecular formula is C19H14F5N5O2. The van der Waals surface area contributed by atoms with Crippen LogP contribution in [0.25, 0.3) is 22.6 Å². The van der Waals surface area contributed by atoms with Gasteiger partial charge in [0, 0.05) is 18.8 Å². The van der Waals surface area contributed by atoms with E-state index in [-0.39, 0.29) is 28.5 Å². The van der Waals surface area contributed by atoms with E-state index in [9.17, 15) is 26.7 Å². The van der Waals surface area contributed by atoms with E-state index in [0.717, 1.165) is 4.68 Å². The SMILES string of the molecule is CN=C(Nn1c(C=O)nc(-c2ccccn2)c1-c1cc(F)c(F)c(F)c1)OCC(F)F. The van der Waals surface area contributed by atoms with E-state index in [0.29, 0.717) is 18.4 Å². The summed E-state index contributed by atoms with van der Waals surface area (Å²) in [5.41, 5.74) is 2.36. The van der Waals surface area contributed by atoms with E-state index in [1.165, 1.54) is 19.3 Å². The fourth-order valence-corrected chi connectivity index (χ4v) is 2.65. The number of hydrogen-bond acceptors (Lipinski definition) is 5. The summed E-state index contributed by atoms with van der Waals surface area (Å²) in [6.07, 6.45) is -1.09. The number of nitrogens with one attached hydrogen (secondary N) is 1. The number of aldehydes is 1. The summed E-state index contributed by atoms with van der Waals surface area (Å²) in [4.78, 5) is 23.5. The summed E-state index contributed by atoms with van der Waals surface area (Å²) in [6, 6.07) is 5.68.